The van der Waals surface area contributed by atoms with E-state index in [1.807, 2.05) is 13.0 Å². The molecule has 94 valence electrons. The fourth-order valence-corrected chi connectivity index (χ4v) is 2.09. The van der Waals surface area contributed by atoms with Gasteiger partial charge >= 0.3 is 0 Å². The zero-order chi connectivity index (χ0) is 12.3. The summed E-state index contributed by atoms with van der Waals surface area (Å²) in [5, 5.41) is 8.84. The molecule has 1 aromatic carbocycles. The lowest BCUT2D eigenvalue weighted by atomic mass is 10.1. The van der Waals surface area contributed by atoms with Crippen LogP contribution in [0.2, 0.25) is 0 Å². The minimum absolute atomic E-state index is 0.0708. The van der Waals surface area contributed by atoms with Crippen molar-refractivity contribution in [2.45, 2.75) is 31.7 Å². The third kappa shape index (κ3) is 3.25. The molecule has 1 saturated heterocycles. The van der Waals surface area contributed by atoms with Gasteiger partial charge in [0.2, 0.25) is 0 Å². The van der Waals surface area contributed by atoms with Gasteiger partial charge in [0.1, 0.15) is 5.82 Å². The summed E-state index contributed by atoms with van der Waals surface area (Å²) in [5.74, 6) is -0.968. The van der Waals surface area contributed by atoms with Gasteiger partial charge in [0, 0.05) is 13.0 Å². The molecule has 1 fully saturated rings. The molecule has 0 saturated carbocycles. The van der Waals surface area contributed by atoms with Crippen LogP contribution in [0.15, 0.2) is 24.3 Å². The Kier molecular flexibility index (Phi) is 3.76. The van der Waals surface area contributed by atoms with Gasteiger partial charge in [-0.3, -0.25) is 0 Å². The van der Waals surface area contributed by atoms with Crippen LogP contribution in [0.5, 0.6) is 0 Å². The van der Waals surface area contributed by atoms with Crippen LogP contribution in [-0.2, 0) is 15.9 Å². The summed E-state index contributed by atoms with van der Waals surface area (Å²) in [5.41, 5.74) is 0.845. The Labute approximate surface area is 100 Å². The van der Waals surface area contributed by atoms with Crippen molar-refractivity contribution in [2.75, 3.05) is 13.2 Å². The number of rotatable bonds is 4. The quantitative estimate of drug-likeness (QED) is 0.873. The summed E-state index contributed by atoms with van der Waals surface area (Å²) in [4.78, 5) is 0. The molecule has 1 heterocycles. The summed E-state index contributed by atoms with van der Waals surface area (Å²) >= 11 is 0. The predicted octanol–water partition coefficient (Wildman–Crippen LogP) is 1.88. The smallest absolute Gasteiger partial charge is 0.170 e. The summed E-state index contributed by atoms with van der Waals surface area (Å²) < 4.78 is 24.4. The largest absolute Gasteiger partial charge is 0.396 e. The number of hydrogen-bond acceptors (Lipinski definition) is 3. The zero-order valence-electron chi connectivity index (χ0n) is 9.86. The molecule has 3 nitrogen and oxygen atoms in total. The summed E-state index contributed by atoms with van der Waals surface area (Å²) in [6.07, 6.45) is 1.00. The van der Waals surface area contributed by atoms with Crippen molar-refractivity contribution in [3.63, 3.8) is 0 Å². The molecular formula is C13H17FO3. The molecule has 17 heavy (non-hydrogen) atoms. The first kappa shape index (κ1) is 12.5. The van der Waals surface area contributed by atoms with Crippen LogP contribution in [-0.4, -0.2) is 30.2 Å². The lowest BCUT2D eigenvalue weighted by molar-refractivity contribution is -0.153. The van der Waals surface area contributed by atoms with Gasteiger partial charge in [0.05, 0.1) is 12.7 Å². The molecule has 2 atom stereocenters. The van der Waals surface area contributed by atoms with Gasteiger partial charge < -0.3 is 14.6 Å². The number of benzene rings is 1. The average Bonchev–Trinajstić information content (AvgIpc) is 2.60. The normalized spacial score (nSPS) is 28.5. The van der Waals surface area contributed by atoms with E-state index in [0.29, 0.717) is 19.4 Å². The van der Waals surface area contributed by atoms with E-state index in [0.717, 1.165) is 5.56 Å². The molecule has 0 radical (unpaired) electrons. The molecule has 1 aliphatic heterocycles. The van der Waals surface area contributed by atoms with Crippen molar-refractivity contribution >= 4 is 0 Å². The van der Waals surface area contributed by atoms with Gasteiger partial charge in [-0.05, 0) is 31.0 Å². The van der Waals surface area contributed by atoms with Crippen molar-refractivity contribution in [3.8, 4) is 0 Å². The van der Waals surface area contributed by atoms with E-state index in [2.05, 4.69) is 0 Å². The van der Waals surface area contributed by atoms with Crippen LogP contribution in [0, 0.1) is 5.82 Å². The highest BCUT2D eigenvalue weighted by atomic mass is 19.1. The second-order valence-electron chi connectivity index (χ2n) is 4.50. The highest BCUT2D eigenvalue weighted by Crippen LogP contribution is 2.28. The molecule has 0 bridgehead atoms. The van der Waals surface area contributed by atoms with E-state index in [1.54, 1.807) is 6.07 Å². The second kappa shape index (κ2) is 5.12. The molecule has 0 amide bonds. The molecule has 4 heteroatoms. The van der Waals surface area contributed by atoms with E-state index in [-0.39, 0.29) is 18.5 Å². The Morgan fingerprint density at radius 1 is 1.53 bits per heavy atom. The Balaban J connectivity index is 1.99. The van der Waals surface area contributed by atoms with Crippen LogP contribution < -0.4 is 0 Å². The summed E-state index contributed by atoms with van der Waals surface area (Å²) in [6, 6.07) is 6.42. The lowest BCUT2D eigenvalue weighted by Crippen LogP contribution is -2.29. The first-order valence-electron chi connectivity index (χ1n) is 5.78. The molecule has 1 aromatic rings. The average molecular weight is 240 g/mol. The Bertz CT molecular complexity index is 383. The fraction of sp³-hybridized carbons (Fsp3) is 0.538. The van der Waals surface area contributed by atoms with Gasteiger partial charge in [0.25, 0.3) is 0 Å². The maximum atomic E-state index is 13.0. The Morgan fingerprint density at radius 2 is 2.35 bits per heavy atom. The monoisotopic (exact) mass is 240 g/mol. The molecule has 1 aliphatic rings. The topological polar surface area (TPSA) is 38.7 Å². The van der Waals surface area contributed by atoms with Gasteiger partial charge in [-0.25, -0.2) is 4.39 Å². The van der Waals surface area contributed by atoms with E-state index < -0.39 is 5.79 Å². The third-order valence-corrected chi connectivity index (χ3v) is 2.86. The van der Waals surface area contributed by atoms with Crippen molar-refractivity contribution in [3.05, 3.63) is 35.6 Å². The van der Waals surface area contributed by atoms with E-state index in [9.17, 15) is 4.39 Å². The first-order valence-corrected chi connectivity index (χ1v) is 5.78. The van der Waals surface area contributed by atoms with E-state index in [1.165, 1.54) is 12.1 Å². The molecular weight excluding hydrogens is 223 g/mol. The van der Waals surface area contributed by atoms with E-state index in [4.69, 9.17) is 14.6 Å². The van der Waals surface area contributed by atoms with Crippen LogP contribution in [0.3, 0.4) is 0 Å². The molecule has 0 aromatic heterocycles. The first-order chi connectivity index (χ1) is 8.11. The molecule has 0 aliphatic carbocycles. The number of aliphatic hydroxyl groups is 1. The van der Waals surface area contributed by atoms with Gasteiger partial charge in [0.15, 0.2) is 5.79 Å². The lowest BCUT2D eigenvalue weighted by Gasteiger charge is -2.23. The number of aliphatic hydroxyl groups excluding tert-OH is 1. The number of ether oxygens (including phenoxy) is 2. The SMILES string of the molecule is CC1(Cc2cccc(F)c2)OCC(CCO)O1. The minimum Gasteiger partial charge on any atom is -0.396 e. The van der Waals surface area contributed by atoms with E-state index >= 15 is 0 Å². The van der Waals surface area contributed by atoms with Crippen molar-refractivity contribution in [2.24, 2.45) is 0 Å². The third-order valence-electron chi connectivity index (χ3n) is 2.86. The van der Waals surface area contributed by atoms with Gasteiger partial charge in [-0.2, -0.15) is 0 Å². The van der Waals surface area contributed by atoms with Crippen molar-refractivity contribution in [1.29, 1.82) is 0 Å². The fourth-order valence-electron chi connectivity index (χ4n) is 2.09. The van der Waals surface area contributed by atoms with Gasteiger partial charge in [-0.15, -0.1) is 0 Å². The highest BCUT2D eigenvalue weighted by Gasteiger charge is 2.36. The maximum Gasteiger partial charge on any atom is 0.170 e. The van der Waals surface area contributed by atoms with Crippen molar-refractivity contribution in [1.82, 2.24) is 0 Å². The predicted molar refractivity (Wildman–Crippen MR) is 61.0 cm³/mol. The number of hydrogen-bond donors (Lipinski definition) is 1. The molecule has 2 unspecified atom stereocenters. The highest BCUT2D eigenvalue weighted by molar-refractivity contribution is 5.17. The summed E-state index contributed by atoms with van der Waals surface area (Å²) in [6.45, 7) is 2.41. The maximum absolute atomic E-state index is 13.0. The van der Waals surface area contributed by atoms with Gasteiger partial charge in [-0.1, -0.05) is 12.1 Å². The van der Waals surface area contributed by atoms with Crippen molar-refractivity contribution < 1.29 is 19.0 Å². The number of halogens is 1. The second-order valence-corrected chi connectivity index (χ2v) is 4.50. The standard InChI is InChI=1S/C13H17FO3/c1-13(16-9-12(17-13)5-6-15)8-10-3-2-4-11(14)7-10/h2-4,7,12,15H,5-6,8-9H2,1H3. The molecule has 2 rings (SSSR count). The van der Waals surface area contributed by atoms with Crippen LogP contribution in [0.1, 0.15) is 18.9 Å². The zero-order valence-corrected chi connectivity index (χ0v) is 9.86. The minimum atomic E-state index is -0.715. The van der Waals surface area contributed by atoms with Crippen LogP contribution in [0.4, 0.5) is 4.39 Å². The Morgan fingerprint density at radius 3 is 3.06 bits per heavy atom. The summed E-state index contributed by atoms with van der Waals surface area (Å²) in [7, 11) is 0. The molecule has 0 spiro atoms. The van der Waals surface area contributed by atoms with Crippen LogP contribution >= 0.6 is 0 Å². The van der Waals surface area contributed by atoms with Crippen LogP contribution in [0.25, 0.3) is 0 Å². The Hall–Kier alpha value is -0.970. The molecule has 1 N–H and O–H groups in total.